The van der Waals surface area contributed by atoms with Crippen LogP contribution in [0.1, 0.15) is 52.4 Å². The summed E-state index contributed by atoms with van der Waals surface area (Å²) in [4.78, 5) is 0. The molecule has 2 nitrogen and oxygen atoms in total. The molecule has 0 saturated carbocycles. The molecule has 0 aromatic carbocycles. The molecule has 0 aliphatic rings. The van der Waals surface area contributed by atoms with E-state index < -0.39 is 0 Å². The van der Waals surface area contributed by atoms with Crippen LogP contribution in [-0.4, -0.2) is 25.8 Å². The van der Waals surface area contributed by atoms with Crippen LogP contribution in [0.25, 0.3) is 0 Å². The zero-order valence-corrected chi connectivity index (χ0v) is 11.1. The van der Waals surface area contributed by atoms with Crippen LogP contribution in [0, 0.1) is 0 Å². The zero-order valence-electron chi connectivity index (χ0n) is 11.1. The molecule has 0 amide bonds. The summed E-state index contributed by atoms with van der Waals surface area (Å²) >= 11 is 0. The minimum atomic E-state index is 0.625. The smallest absolute Gasteiger partial charge is 0.0591 e. The second-order valence-corrected chi connectivity index (χ2v) is 4.39. The van der Waals surface area contributed by atoms with E-state index in [0.29, 0.717) is 6.04 Å². The van der Waals surface area contributed by atoms with E-state index in [2.05, 4.69) is 25.7 Å². The second kappa shape index (κ2) is 12.7. The number of unbranched alkanes of at least 4 members (excludes halogenated alkanes) is 3. The summed E-state index contributed by atoms with van der Waals surface area (Å²) in [6.45, 7) is 10.8. The van der Waals surface area contributed by atoms with Crippen molar-refractivity contribution in [2.75, 3.05) is 19.8 Å². The fraction of sp³-hybridized carbons (Fsp3) is 0.857. The summed E-state index contributed by atoms with van der Waals surface area (Å²) in [5, 5.41) is 3.49. The van der Waals surface area contributed by atoms with Gasteiger partial charge in [0.2, 0.25) is 0 Å². The Morgan fingerprint density at radius 1 is 1.25 bits per heavy atom. The molecule has 0 rings (SSSR count). The molecule has 0 fully saturated rings. The molecular weight excluding hydrogens is 198 g/mol. The van der Waals surface area contributed by atoms with Gasteiger partial charge in [0.25, 0.3) is 0 Å². The van der Waals surface area contributed by atoms with Crippen molar-refractivity contribution in [2.24, 2.45) is 0 Å². The van der Waals surface area contributed by atoms with Crippen LogP contribution in [0.15, 0.2) is 12.7 Å². The molecule has 0 aromatic rings. The third-order valence-electron chi connectivity index (χ3n) is 2.70. The molecule has 0 saturated heterocycles. The molecule has 1 N–H and O–H groups in total. The Labute approximate surface area is 101 Å². The SMILES string of the molecule is C=CCCOCCNC(C)CCCCCC. The van der Waals surface area contributed by atoms with E-state index >= 15 is 0 Å². The van der Waals surface area contributed by atoms with Gasteiger partial charge in [0.15, 0.2) is 0 Å². The molecule has 0 radical (unpaired) electrons. The van der Waals surface area contributed by atoms with Gasteiger partial charge in [-0.3, -0.25) is 0 Å². The lowest BCUT2D eigenvalue weighted by Gasteiger charge is -2.13. The van der Waals surface area contributed by atoms with Gasteiger partial charge < -0.3 is 10.1 Å². The van der Waals surface area contributed by atoms with Crippen molar-refractivity contribution in [2.45, 2.75) is 58.4 Å². The normalized spacial score (nSPS) is 12.6. The van der Waals surface area contributed by atoms with Gasteiger partial charge >= 0.3 is 0 Å². The lowest BCUT2D eigenvalue weighted by atomic mass is 10.1. The number of hydrogen-bond donors (Lipinski definition) is 1. The Kier molecular flexibility index (Phi) is 12.5. The lowest BCUT2D eigenvalue weighted by Crippen LogP contribution is -2.29. The van der Waals surface area contributed by atoms with Gasteiger partial charge in [0.1, 0.15) is 0 Å². The lowest BCUT2D eigenvalue weighted by molar-refractivity contribution is 0.138. The molecule has 0 bridgehead atoms. The molecule has 0 heterocycles. The number of nitrogens with one attached hydrogen (secondary N) is 1. The van der Waals surface area contributed by atoms with Gasteiger partial charge in [-0.15, -0.1) is 6.58 Å². The van der Waals surface area contributed by atoms with E-state index in [0.717, 1.165) is 26.2 Å². The first-order valence-corrected chi connectivity index (χ1v) is 6.73. The van der Waals surface area contributed by atoms with Crippen LogP contribution in [0.3, 0.4) is 0 Å². The van der Waals surface area contributed by atoms with Crippen LogP contribution < -0.4 is 5.32 Å². The standard InChI is InChI=1S/C14H29NO/c1-4-6-8-9-10-14(3)15-11-13-16-12-7-5-2/h5,14-15H,2,4,6-13H2,1,3H3. The fourth-order valence-corrected chi connectivity index (χ4v) is 1.63. The van der Waals surface area contributed by atoms with Gasteiger partial charge in [-0.25, -0.2) is 0 Å². The number of hydrogen-bond acceptors (Lipinski definition) is 2. The minimum absolute atomic E-state index is 0.625. The highest BCUT2D eigenvalue weighted by molar-refractivity contribution is 4.65. The molecule has 1 atom stereocenters. The summed E-state index contributed by atoms with van der Waals surface area (Å²) in [6, 6.07) is 0.625. The predicted molar refractivity (Wildman–Crippen MR) is 71.9 cm³/mol. The number of rotatable bonds is 12. The minimum Gasteiger partial charge on any atom is -0.380 e. The predicted octanol–water partition coefficient (Wildman–Crippen LogP) is 3.53. The Morgan fingerprint density at radius 2 is 2.06 bits per heavy atom. The molecule has 0 aliphatic carbocycles. The first-order chi connectivity index (χ1) is 7.81. The molecule has 96 valence electrons. The third-order valence-corrected chi connectivity index (χ3v) is 2.70. The summed E-state index contributed by atoms with van der Waals surface area (Å²) < 4.78 is 5.43. The average molecular weight is 227 g/mol. The molecule has 16 heavy (non-hydrogen) atoms. The zero-order chi connectivity index (χ0) is 12.1. The fourth-order valence-electron chi connectivity index (χ4n) is 1.63. The molecule has 0 aliphatic heterocycles. The van der Waals surface area contributed by atoms with Crippen LogP contribution >= 0.6 is 0 Å². The molecule has 2 heteroatoms. The van der Waals surface area contributed by atoms with Gasteiger partial charge in [-0.2, -0.15) is 0 Å². The Bertz CT molecular complexity index is 148. The van der Waals surface area contributed by atoms with Crippen LogP contribution in [0.4, 0.5) is 0 Å². The maximum Gasteiger partial charge on any atom is 0.0591 e. The van der Waals surface area contributed by atoms with E-state index in [1.165, 1.54) is 32.1 Å². The molecular formula is C14H29NO. The van der Waals surface area contributed by atoms with Crippen LogP contribution in [-0.2, 0) is 4.74 Å². The van der Waals surface area contributed by atoms with Crippen molar-refractivity contribution in [3.63, 3.8) is 0 Å². The highest BCUT2D eigenvalue weighted by atomic mass is 16.5. The number of ether oxygens (including phenoxy) is 1. The Morgan fingerprint density at radius 3 is 2.75 bits per heavy atom. The van der Waals surface area contributed by atoms with E-state index in [1.807, 2.05) is 6.08 Å². The summed E-state index contributed by atoms with van der Waals surface area (Å²) in [5.41, 5.74) is 0. The maximum absolute atomic E-state index is 5.43. The summed E-state index contributed by atoms with van der Waals surface area (Å²) in [6.07, 6.45) is 9.54. The topological polar surface area (TPSA) is 21.3 Å². The molecule has 0 aromatic heterocycles. The average Bonchev–Trinajstić information content (AvgIpc) is 2.29. The van der Waals surface area contributed by atoms with E-state index in [-0.39, 0.29) is 0 Å². The van der Waals surface area contributed by atoms with Crippen molar-refractivity contribution in [3.8, 4) is 0 Å². The van der Waals surface area contributed by atoms with E-state index in [1.54, 1.807) is 0 Å². The van der Waals surface area contributed by atoms with Gasteiger partial charge in [0, 0.05) is 12.6 Å². The van der Waals surface area contributed by atoms with E-state index in [9.17, 15) is 0 Å². The Hall–Kier alpha value is -0.340. The molecule has 1 unspecified atom stereocenters. The summed E-state index contributed by atoms with van der Waals surface area (Å²) in [7, 11) is 0. The van der Waals surface area contributed by atoms with Crippen molar-refractivity contribution in [1.82, 2.24) is 5.32 Å². The third kappa shape index (κ3) is 11.7. The van der Waals surface area contributed by atoms with Crippen LogP contribution in [0.2, 0.25) is 0 Å². The van der Waals surface area contributed by atoms with E-state index in [4.69, 9.17) is 4.74 Å². The Balaban J connectivity index is 3.10. The van der Waals surface area contributed by atoms with Crippen LogP contribution in [0.5, 0.6) is 0 Å². The van der Waals surface area contributed by atoms with Gasteiger partial charge in [-0.05, 0) is 19.8 Å². The highest BCUT2D eigenvalue weighted by Crippen LogP contribution is 2.04. The first-order valence-electron chi connectivity index (χ1n) is 6.73. The largest absolute Gasteiger partial charge is 0.380 e. The van der Waals surface area contributed by atoms with Gasteiger partial charge in [0.05, 0.1) is 13.2 Å². The summed E-state index contributed by atoms with van der Waals surface area (Å²) in [5.74, 6) is 0. The van der Waals surface area contributed by atoms with Crippen molar-refractivity contribution >= 4 is 0 Å². The van der Waals surface area contributed by atoms with Gasteiger partial charge in [-0.1, -0.05) is 38.7 Å². The molecule has 0 spiro atoms. The highest BCUT2D eigenvalue weighted by Gasteiger charge is 1.99. The van der Waals surface area contributed by atoms with Crippen molar-refractivity contribution in [1.29, 1.82) is 0 Å². The second-order valence-electron chi connectivity index (χ2n) is 4.39. The maximum atomic E-state index is 5.43. The van der Waals surface area contributed by atoms with Crippen molar-refractivity contribution < 1.29 is 4.74 Å². The monoisotopic (exact) mass is 227 g/mol. The first kappa shape index (κ1) is 15.7. The quantitative estimate of drug-likeness (QED) is 0.407. The van der Waals surface area contributed by atoms with Crippen molar-refractivity contribution in [3.05, 3.63) is 12.7 Å².